The highest BCUT2D eigenvalue weighted by molar-refractivity contribution is 7.19. The second-order valence-electron chi connectivity index (χ2n) is 7.08. The van der Waals surface area contributed by atoms with E-state index in [1.165, 1.54) is 17.2 Å². The van der Waals surface area contributed by atoms with E-state index in [1.54, 1.807) is 19.1 Å². The van der Waals surface area contributed by atoms with Gasteiger partial charge in [-0.3, -0.25) is 10.1 Å². The monoisotopic (exact) mass is 437 g/mol. The van der Waals surface area contributed by atoms with Crippen LogP contribution in [-0.2, 0) is 11.0 Å². The maximum Gasteiger partial charge on any atom is 0.431 e. The van der Waals surface area contributed by atoms with Gasteiger partial charge in [-0.15, -0.1) is 0 Å². The number of benzene rings is 1. The standard InChI is InChI=1S/C19H18F3N5O2S/c1-9-14(10-4-5-11-8-24-15(12(11)7-10)19(20,21)22)30-17(25-9)26-18(29)27-6-2-3-13(27)16(23)28/h4-5,7-8,13,24H,2-3,6H2,1H3,(H2,23,28)(H,25,26,29)/t13-/m0/s1. The van der Waals surface area contributed by atoms with Gasteiger partial charge in [0, 0.05) is 18.1 Å². The van der Waals surface area contributed by atoms with E-state index in [-0.39, 0.29) is 5.39 Å². The molecule has 1 fully saturated rings. The first-order chi connectivity index (χ1) is 14.1. The van der Waals surface area contributed by atoms with Crippen LogP contribution in [0.25, 0.3) is 21.2 Å². The third kappa shape index (κ3) is 3.60. The Balaban J connectivity index is 1.61. The van der Waals surface area contributed by atoms with E-state index in [0.717, 1.165) is 11.3 Å². The van der Waals surface area contributed by atoms with Crippen LogP contribution in [0.1, 0.15) is 24.2 Å². The SMILES string of the molecule is Cc1nc(NC(=O)N2CCC[C@H]2C(N)=O)sc1-c1ccc2c[nH]c(C(F)(F)F)c2c1. The van der Waals surface area contributed by atoms with Crippen molar-refractivity contribution in [2.75, 3.05) is 11.9 Å². The molecule has 158 valence electrons. The van der Waals surface area contributed by atoms with Crippen LogP contribution in [0.2, 0.25) is 0 Å². The van der Waals surface area contributed by atoms with E-state index in [0.29, 0.717) is 46.0 Å². The van der Waals surface area contributed by atoms with Crippen LogP contribution in [-0.4, -0.2) is 39.4 Å². The van der Waals surface area contributed by atoms with E-state index in [4.69, 9.17) is 5.73 Å². The Bertz CT molecular complexity index is 1140. The van der Waals surface area contributed by atoms with E-state index in [9.17, 15) is 22.8 Å². The molecule has 30 heavy (non-hydrogen) atoms. The summed E-state index contributed by atoms with van der Waals surface area (Å²) in [6.07, 6.45) is -1.97. The van der Waals surface area contributed by atoms with E-state index < -0.39 is 29.9 Å². The molecule has 0 radical (unpaired) electrons. The number of nitrogens with zero attached hydrogens (tertiary/aromatic N) is 2. The van der Waals surface area contributed by atoms with Crippen LogP contribution >= 0.6 is 11.3 Å². The number of carbonyl (C=O) groups is 2. The van der Waals surface area contributed by atoms with Gasteiger partial charge in [0.25, 0.3) is 0 Å². The molecule has 0 spiro atoms. The summed E-state index contributed by atoms with van der Waals surface area (Å²) in [4.78, 5) is 32.7. The number of anilines is 1. The van der Waals surface area contributed by atoms with Crippen molar-refractivity contribution in [2.24, 2.45) is 5.73 Å². The third-order valence-corrected chi connectivity index (χ3v) is 6.21. The average Bonchev–Trinajstić information content (AvgIpc) is 3.38. The molecular weight excluding hydrogens is 419 g/mol. The maximum atomic E-state index is 13.2. The number of aromatic amines is 1. The van der Waals surface area contributed by atoms with Gasteiger partial charge in [-0.25, -0.2) is 9.78 Å². The Morgan fingerprint density at radius 3 is 2.83 bits per heavy atom. The number of aryl methyl sites for hydroxylation is 1. The summed E-state index contributed by atoms with van der Waals surface area (Å²) >= 11 is 1.16. The Labute approximate surface area is 173 Å². The second-order valence-corrected chi connectivity index (χ2v) is 8.08. The number of hydrogen-bond donors (Lipinski definition) is 3. The largest absolute Gasteiger partial charge is 0.431 e. The smallest absolute Gasteiger partial charge is 0.368 e. The Hall–Kier alpha value is -3.08. The molecule has 4 rings (SSSR count). The first-order valence-corrected chi connectivity index (χ1v) is 10.00. The lowest BCUT2D eigenvalue weighted by Gasteiger charge is -2.21. The summed E-state index contributed by atoms with van der Waals surface area (Å²) in [5, 5.41) is 3.49. The summed E-state index contributed by atoms with van der Waals surface area (Å²) < 4.78 is 39.7. The minimum absolute atomic E-state index is 0.0692. The highest BCUT2D eigenvalue weighted by atomic mass is 32.1. The fourth-order valence-corrected chi connectivity index (χ4v) is 4.64. The molecule has 4 N–H and O–H groups in total. The van der Waals surface area contributed by atoms with Gasteiger partial charge in [-0.2, -0.15) is 13.2 Å². The lowest BCUT2D eigenvalue weighted by Crippen LogP contribution is -2.45. The van der Waals surface area contributed by atoms with Crippen molar-refractivity contribution in [3.05, 3.63) is 35.8 Å². The van der Waals surface area contributed by atoms with Crippen LogP contribution in [0.5, 0.6) is 0 Å². The van der Waals surface area contributed by atoms with Gasteiger partial charge >= 0.3 is 12.2 Å². The van der Waals surface area contributed by atoms with Gasteiger partial charge in [-0.05, 0) is 36.8 Å². The first-order valence-electron chi connectivity index (χ1n) is 9.18. The number of halogens is 3. The molecule has 2 aromatic heterocycles. The number of alkyl halides is 3. The van der Waals surface area contributed by atoms with Crippen molar-refractivity contribution >= 4 is 39.2 Å². The highest BCUT2D eigenvalue weighted by Gasteiger charge is 2.35. The third-order valence-electron chi connectivity index (χ3n) is 5.09. The molecule has 1 aromatic carbocycles. The van der Waals surface area contributed by atoms with Crippen molar-refractivity contribution in [3.8, 4) is 10.4 Å². The van der Waals surface area contributed by atoms with Crippen LogP contribution < -0.4 is 11.1 Å². The van der Waals surface area contributed by atoms with E-state index >= 15 is 0 Å². The molecule has 11 heteroatoms. The van der Waals surface area contributed by atoms with Gasteiger partial charge in [0.1, 0.15) is 11.7 Å². The van der Waals surface area contributed by atoms with Crippen molar-refractivity contribution in [3.63, 3.8) is 0 Å². The van der Waals surface area contributed by atoms with Crippen LogP contribution in [0.4, 0.5) is 23.1 Å². The predicted molar refractivity (Wildman–Crippen MR) is 107 cm³/mol. The Morgan fingerprint density at radius 1 is 1.37 bits per heavy atom. The summed E-state index contributed by atoms with van der Waals surface area (Å²) in [5.74, 6) is -0.557. The number of amides is 3. The number of primary amides is 1. The summed E-state index contributed by atoms with van der Waals surface area (Å²) in [7, 11) is 0. The number of fused-ring (bicyclic) bond motifs is 1. The zero-order chi connectivity index (χ0) is 21.6. The van der Waals surface area contributed by atoms with Crippen molar-refractivity contribution < 1.29 is 22.8 Å². The molecule has 1 aliphatic heterocycles. The van der Waals surface area contributed by atoms with Gasteiger partial charge in [0.15, 0.2) is 5.13 Å². The number of likely N-dealkylation sites (tertiary alicyclic amines) is 1. The van der Waals surface area contributed by atoms with Gasteiger partial charge in [0.2, 0.25) is 5.91 Å². The normalized spacial score (nSPS) is 16.9. The zero-order valence-electron chi connectivity index (χ0n) is 15.8. The predicted octanol–water partition coefficient (Wildman–Crippen LogP) is 4.10. The molecule has 3 heterocycles. The van der Waals surface area contributed by atoms with Crippen molar-refractivity contribution in [1.82, 2.24) is 14.9 Å². The molecule has 0 bridgehead atoms. The topological polar surface area (TPSA) is 104 Å². The number of H-pyrrole nitrogens is 1. The molecule has 1 saturated heterocycles. The van der Waals surface area contributed by atoms with Crippen LogP contribution in [0, 0.1) is 6.92 Å². The number of nitrogens with two attached hydrogens (primary N) is 1. The number of urea groups is 1. The number of hydrogen-bond acceptors (Lipinski definition) is 4. The summed E-state index contributed by atoms with van der Waals surface area (Å²) in [6, 6.07) is 3.66. The molecule has 0 aliphatic carbocycles. The van der Waals surface area contributed by atoms with Gasteiger partial charge in [-0.1, -0.05) is 23.5 Å². The Morgan fingerprint density at radius 2 is 2.13 bits per heavy atom. The quantitative estimate of drug-likeness (QED) is 0.575. The Kier molecular flexibility index (Phi) is 4.92. The number of rotatable bonds is 3. The lowest BCUT2D eigenvalue weighted by molar-refractivity contribution is -0.139. The summed E-state index contributed by atoms with van der Waals surface area (Å²) in [6.45, 7) is 2.14. The van der Waals surface area contributed by atoms with Gasteiger partial charge < -0.3 is 15.6 Å². The lowest BCUT2D eigenvalue weighted by atomic mass is 10.1. The van der Waals surface area contributed by atoms with Crippen molar-refractivity contribution in [1.29, 1.82) is 0 Å². The molecule has 7 nitrogen and oxygen atoms in total. The molecule has 0 unspecified atom stereocenters. The minimum atomic E-state index is -4.49. The number of aromatic nitrogens is 2. The van der Waals surface area contributed by atoms with E-state index in [2.05, 4.69) is 15.3 Å². The molecule has 3 aromatic rings. The highest BCUT2D eigenvalue weighted by Crippen LogP contribution is 2.38. The second kappa shape index (κ2) is 7.31. The van der Waals surface area contributed by atoms with Crippen molar-refractivity contribution in [2.45, 2.75) is 32.0 Å². The minimum Gasteiger partial charge on any atom is -0.368 e. The maximum absolute atomic E-state index is 13.2. The number of thiazole rings is 1. The molecule has 1 atom stereocenters. The zero-order valence-corrected chi connectivity index (χ0v) is 16.7. The molecule has 0 saturated carbocycles. The first kappa shape index (κ1) is 20.2. The van der Waals surface area contributed by atoms with Gasteiger partial charge in [0.05, 0.1) is 10.6 Å². The van der Waals surface area contributed by atoms with Crippen LogP contribution in [0.15, 0.2) is 24.4 Å². The molecular formula is C19H18F3N5O2S. The average molecular weight is 437 g/mol. The van der Waals surface area contributed by atoms with E-state index in [1.807, 2.05) is 0 Å². The molecule has 1 aliphatic rings. The fraction of sp³-hybridized carbons (Fsp3) is 0.316. The number of carbonyl (C=O) groups excluding carboxylic acids is 2. The number of nitrogens with one attached hydrogen (secondary N) is 2. The fourth-order valence-electron chi connectivity index (χ4n) is 3.69. The summed E-state index contributed by atoms with van der Waals surface area (Å²) in [5.41, 5.74) is 5.69. The molecule has 3 amide bonds. The van der Waals surface area contributed by atoms with Crippen LogP contribution in [0.3, 0.4) is 0 Å².